The Morgan fingerprint density at radius 2 is 1.27 bits per heavy atom. The van der Waals surface area contributed by atoms with Gasteiger partial charge in [-0.3, -0.25) is 52.7 Å². The second-order valence-corrected chi connectivity index (χ2v) is 25.8. The van der Waals surface area contributed by atoms with Crippen molar-refractivity contribution in [2.45, 2.75) is 125 Å². The number of benzene rings is 4. The van der Waals surface area contributed by atoms with E-state index in [1.165, 1.54) is 115 Å². The topological polar surface area (TPSA) is 414 Å². The smallest absolute Gasteiger partial charge is 0.305 e. The van der Waals surface area contributed by atoms with Crippen LogP contribution in [0, 0.1) is 11.6 Å². The number of phenols is 1. The van der Waals surface area contributed by atoms with Crippen molar-refractivity contribution < 1.29 is 71.7 Å². The van der Waals surface area contributed by atoms with Crippen LogP contribution in [0.3, 0.4) is 0 Å². The molecule has 3 aromatic heterocycles. The number of aliphatic carboxylic acids is 1. The Bertz CT molecular complexity index is 4040. The summed E-state index contributed by atoms with van der Waals surface area (Å²) in [5.41, 5.74) is 10.1. The normalized spacial score (nSPS) is 22.4. The summed E-state index contributed by atoms with van der Waals surface area (Å²) in [6, 6.07) is 9.25. The molecule has 0 radical (unpaired) electrons. The molecule has 7 aromatic rings. The quantitative estimate of drug-likeness (QED) is 0.0833. The Morgan fingerprint density at radius 1 is 0.649 bits per heavy atom. The Balaban J connectivity index is 1.03. The van der Waals surface area contributed by atoms with Gasteiger partial charge in [0.1, 0.15) is 65.7 Å². The Morgan fingerprint density at radius 3 is 1.93 bits per heavy atom. The van der Waals surface area contributed by atoms with Crippen molar-refractivity contribution in [2.24, 2.45) is 5.73 Å². The number of aromatic amines is 3. The van der Waals surface area contributed by atoms with E-state index in [9.17, 15) is 71.7 Å². The van der Waals surface area contributed by atoms with Crippen LogP contribution in [0.2, 0.25) is 0 Å². The third-order valence-corrected chi connectivity index (χ3v) is 18.6. The summed E-state index contributed by atoms with van der Waals surface area (Å²) >= 11 is 2.79. The highest BCUT2D eigenvalue weighted by molar-refractivity contribution is 7.98. The predicted molar refractivity (Wildman–Crippen MR) is 354 cm³/mol. The van der Waals surface area contributed by atoms with Crippen LogP contribution in [-0.4, -0.2) is 173 Å². The third kappa shape index (κ3) is 19.9. The number of primary amides is 1. The molecular weight excluding hydrogens is 1300 g/mol. The van der Waals surface area contributed by atoms with Gasteiger partial charge in [-0.2, -0.15) is 23.5 Å². The molecule has 15 N–H and O–H groups in total. The van der Waals surface area contributed by atoms with Gasteiger partial charge in [0.25, 0.3) is 0 Å². The molecule has 2 aliphatic heterocycles. The van der Waals surface area contributed by atoms with E-state index in [-0.39, 0.29) is 73.2 Å². The van der Waals surface area contributed by atoms with E-state index in [1.807, 2.05) is 24.3 Å². The van der Waals surface area contributed by atoms with Crippen molar-refractivity contribution in [2.75, 3.05) is 24.6 Å². The van der Waals surface area contributed by atoms with Gasteiger partial charge in [0.15, 0.2) is 0 Å². The first-order chi connectivity index (χ1) is 46.5. The number of carbonyl (C=O) groups excluding carboxylic acids is 10. The Kier molecular flexibility index (Phi) is 24.4. The van der Waals surface area contributed by atoms with Crippen molar-refractivity contribution >= 4 is 110 Å². The predicted octanol–water partition coefficient (Wildman–Crippen LogP) is 2.07. The highest BCUT2D eigenvalue weighted by Crippen LogP contribution is 2.26. The maximum atomic E-state index is 15.0. The van der Waals surface area contributed by atoms with Gasteiger partial charge >= 0.3 is 5.97 Å². The zero-order chi connectivity index (χ0) is 69.3. The van der Waals surface area contributed by atoms with E-state index in [0.29, 0.717) is 51.2 Å². The van der Waals surface area contributed by atoms with E-state index < -0.39 is 144 Å². The summed E-state index contributed by atoms with van der Waals surface area (Å²) in [7, 11) is 0. The summed E-state index contributed by atoms with van der Waals surface area (Å²) in [6.07, 6.45) is 3.80. The molecule has 10 amide bonds. The maximum absolute atomic E-state index is 15.0. The number of halogens is 2. The zero-order valence-electron chi connectivity index (χ0n) is 52.5. The lowest BCUT2D eigenvalue weighted by Crippen LogP contribution is -2.61. The molecule has 4 aromatic carbocycles. The second kappa shape index (κ2) is 33.4. The molecule has 0 saturated carbocycles. The monoisotopic (exact) mass is 1370 g/mol. The molecule has 0 spiro atoms. The zero-order valence-corrected chi connectivity index (χ0v) is 54.2. The minimum Gasteiger partial charge on any atom is -0.508 e. The number of amides is 10. The van der Waals surface area contributed by atoms with Crippen LogP contribution in [0.15, 0.2) is 110 Å². The van der Waals surface area contributed by atoms with Crippen LogP contribution < -0.4 is 48.3 Å². The number of rotatable bonds is 12. The van der Waals surface area contributed by atoms with Crippen molar-refractivity contribution in [1.82, 2.24) is 67.4 Å². The first kappa shape index (κ1) is 71.0. The van der Waals surface area contributed by atoms with E-state index in [4.69, 9.17) is 5.73 Å². The third-order valence-electron chi connectivity index (χ3n) is 16.5. The SMILES string of the molecule is C[C@@H]1NC(=O)CCSCc2cccc(c2)CSC[C@@H](C(N)=O)NC(=O)[C@@H]2CCCN2C(=O)[C@H](Cc2ccc(O)cc2)NC(=O)[C@H](Cc2cnc[nH]2)NC(=O)[C@H](CC(=O)O)NC(=O)[C@H](Cc2c[nH]c3ccc(F)cc23)NC(=O)[C@H](CCc2c[nH]c3ccc(F)cc23)NC(=O)CNC1=O. The molecule has 2 aliphatic rings. The minimum absolute atomic E-state index is 0.00818. The van der Waals surface area contributed by atoms with Gasteiger partial charge in [0.2, 0.25) is 59.1 Å². The standard InChI is InChI=1S/C66H74F2N14O13S2/c1-35-60(89)73-30-57(85)76-49(14-9-39-27-71-47-15-10-41(67)23-45(39)47)61(90)77-50(22-40-28-72-48-16-11-42(68)24-46(40)48)62(91)79-52(26-58(86)87)64(93)78-51(25-43-29-70-34-74-43)63(92)80-53(21-36-7-12-44(83)13-8-36)66(95)82-18-3-6-55(82)65(94)81-54(59(69)88)33-97-32-38-5-2-4-37(20-38)31-96-19-17-56(84)75-35/h2,4-5,7-8,10-13,15-16,20,23-24,27-29,34-35,49-55,71-72,83H,3,6,9,14,17-19,21-22,25-26,30-33H2,1H3,(H2,69,88)(H,70,74)(H,73,89)(H,75,84)(H,76,85)(H,77,90)(H,78,93)(H,79,91)(H,80,92)(H,81,94)(H,86,87)/t35-,49-,50-,51-,52-,53-,54-,55-/m0/s1. The molecule has 27 nitrogen and oxygen atoms in total. The van der Waals surface area contributed by atoms with Gasteiger partial charge in [-0.05, 0) is 109 Å². The highest BCUT2D eigenvalue weighted by atomic mass is 32.2. The molecule has 97 heavy (non-hydrogen) atoms. The Hall–Kier alpha value is -10.3. The van der Waals surface area contributed by atoms with Crippen molar-refractivity contribution in [1.29, 1.82) is 0 Å². The molecule has 512 valence electrons. The number of thioether (sulfide) groups is 2. The number of carboxylic acid groups (broad SMARTS) is 1. The number of hydrogen-bond donors (Lipinski definition) is 14. The van der Waals surface area contributed by atoms with Gasteiger partial charge in [-0.1, -0.05) is 36.4 Å². The molecule has 9 rings (SSSR count). The molecule has 0 unspecified atom stereocenters. The van der Waals surface area contributed by atoms with Gasteiger partial charge in [0, 0.05) is 101 Å². The number of aromatic hydroxyl groups is 1. The summed E-state index contributed by atoms with van der Waals surface area (Å²) < 4.78 is 29.5. The van der Waals surface area contributed by atoms with Crippen LogP contribution in [0.5, 0.6) is 5.75 Å². The molecular formula is C66H74F2N14O13S2. The second-order valence-electron chi connectivity index (χ2n) is 23.7. The largest absolute Gasteiger partial charge is 0.508 e. The summed E-state index contributed by atoms with van der Waals surface area (Å²) in [6.45, 7) is 0.749. The van der Waals surface area contributed by atoms with Crippen molar-refractivity contribution in [3.8, 4) is 5.75 Å². The van der Waals surface area contributed by atoms with Gasteiger partial charge in [0.05, 0.1) is 19.3 Å². The number of H-pyrrole nitrogens is 3. The average Bonchev–Trinajstić information content (AvgIpc) is 1.76. The van der Waals surface area contributed by atoms with E-state index in [1.54, 1.807) is 6.20 Å². The number of nitrogens with one attached hydrogen (secondary N) is 11. The van der Waals surface area contributed by atoms with E-state index in [0.717, 1.165) is 11.1 Å². The fourth-order valence-corrected chi connectivity index (χ4v) is 13.3. The number of nitrogens with two attached hydrogens (primary N) is 1. The highest BCUT2D eigenvalue weighted by Gasteiger charge is 2.41. The van der Waals surface area contributed by atoms with E-state index in [2.05, 4.69) is 62.5 Å². The first-order valence-electron chi connectivity index (χ1n) is 31.2. The maximum Gasteiger partial charge on any atom is 0.305 e. The molecule has 31 heteroatoms. The minimum atomic E-state index is -2.03. The van der Waals surface area contributed by atoms with Crippen LogP contribution in [-0.2, 0) is 89.9 Å². The number of phenolic OH excluding ortho intramolecular Hbond substituents is 1. The number of aryl methyl sites for hydroxylation is 1. The molecule has 5 heterocycles. The van der Waals surface area contributed by atoms with Crippen molar-refractivity contribution in [3.05, 3.63) is 155 Å². The molecule has 1 saturated heterocycles. The van der Waals surface area contributed by atoms with Gasteiger partial charge in [-0.15, -0.1) is 0 Å². The van der Waals surface area contributed by atoms with Crippen molar-refractivity contribution in [3.63, 3.8) is 0 Å². The molecule has 2 bridgehead atoms. The molecule has 8 atom stereocenters. The lowest BCUT2D eigenvalue weighted by molar-refractivity contribution is -0.143. The summed E-state index contributed by atoms with van der Waals surface area (Å²) in [4.78, 5) is 169. The van der Waals surface area contributed by atoms with E-state index >= 15 is 0 Å². The van der Waals surface area contributed by atoms with Crippen LogP contribution in [0.25, 0.3) is 21.8 Å². The first-order valence-corrected chi connectivity index (χ1v) is 33.5. The fourth-order valence-electron chi connectivity index (χ4n) is 11.4. The summed E-state index contributed by atoms with van der Waals surface area (Å²) in [5, 5.41) is 41.8. The molecule has 0 aliphatic carbocycles. The molecule has 1 fully saturated rings. The van der Waals surface area contributed by atoms with Crippen LogP contribution >= 0.6 is 23.5 Å². The number of aromatic nitrogens is 4. The Labute approximate surface area is 562 Å². The van der Waals surface area contributed by atoms with Gasteiger partial charge in [-0.25, -0.2) is 13.8 Å². The lowest BCUT2D eigenvalue weighted by atomic mass is 10.0. The number of nitrogens with zero attached hydrogens (tertiary/aromatic N) is 2. The number of hydrogen-bond acceptors (Lipinski definition) is 15. The number of fused-ring (bicyclic) bond motifs is 5. The lowest BCUT2D eigenvalue weighted by Gasteiger charge is -2.31. The number of carboxylic acids is 1. The fraction of sp³-hybridized carbons (Fsp3) is 0.364. The summed E-state index contributed by atoms with van der Waals surface area (Å²) in [5.74, 6) is -10.4. The number of carbonyl (C=O) groups is 11. The van der Waals surface area contributed by atoms with Crippen LogP contribution in [0.4, 0.5) is 8.78 Å². The number of imidazole rings is 1. The average molecular weight is 1370 g/mol. The van der Waals surface area contributed by atoms with Crippen LogP contribution in [0.1, 0.15) is 72.5 Å². The van der Waals surface area contributed by atoms with Gasteiger partial charge < -0.3 is 78.3 Å².